The Hall–Kier alpha value is -2.13. The molecule has 200 valence electrons. The number of Topliss-reactive ketones (excluding diaryl/α,β-unsaturated/α-hetero) is 2. The van der Waals surface area contributed by atoms with Crippen LogP contribution >= 0.6 is 15.9 Å². The fraction of sp³-hybridized carbons (Fsp3) is 0.667. The van der Waals surface area contributed by atoms with Gasteiger partial charge >= 0.3 is 11.9 Å². The van der Waals surface area contributed by atoms with Gasteiger partial charge in [0.15, 0.2) is 17.0 Å². The number of carbonyl (C=O) groups is 4. The number of esters is 2. The minimum Gasteiger partial charge on any atom is -0.466 e. The van der Waals surface area contributed by atoms with Gasteiger partial charge in [0.05, 0.1) is 12.7 Å². The van der Waals surface area contributed by atoms with Crippen molar-refractivity contribution in [3.8, 4) is 0 Å². The van der Waals surface area contributed by atoms with Crippen molar-refractivity contribution >= 4 is 39.4 Å². The molecule has 0 aromatic carbocycles. The molecule has 0 radical (unpaired) electrons. The summed E-state index contributed by atoms with van der Waals surface area (Å²) in [7, 11) is 0. The second-order valence-corrected chi connectivity index (χ2v) is 11.1. The van der Waals surface area contributed by atoms with Gasteiger partial charge in [-0.15, -0.1) is 0 Å². The van der Waals surface area contributed by atoms with Gasteiger partial charge in [-0.3, -0.25) is 24.2 Å². The third-order valence-corrected chi connectivity index (χ3v) is 6.50. The predicted octanol–water partition coefficient (Wildman–Crippen LogP) is 5.40. The summed E-state index contributed by atoms with van der Waals surface area (Å²) in [6, 6.07) is 1.53. The van der Waals surface area contributed by atoms with E-state index >= 15 is 0 Å². The highest BCUT2D eigenvalue weighted by Crippen LogP contribution is 2.35. The fourth-order valence-electron chi connectivity index (χ4n) is 4.28. The number of hydrogen-bond donors (Lipinski definition) is 0. The van der Waals surface area contributed by atoms with Gasteiger partial charge in [-0.25, -0.2) is 0 Å². The number of ketones is 2. The molecule has 1 unspecified atom stereocenters. The van der Waals surface area contributed by atoms with E-state index in [2.05, 4.69) is 20.9 Å². The highest BCUT2D eigenvalue weighted by Gasteiger charge is 2.54. The van der Waals surface area contributed by atoms with Gasteiger partial charge in [0.1, 0.15) is 12.2 Å². The van der Waals surface area contributed by atoms with Crippen molar-refractivity contribution in [1.82, 2.24) is 4.98 Å². The Balaban J connectivity index is 2.40. The second kappa shape index (κ2) is 14.0. The largest absolute Gasteiger partial charge is 0.466 e. The topological polar surface area (TPSA) is 109 Å². The number of ether oxygens (including phenoxy) is 3. The summed E-state index contributed by atoms with van der Waals surface area (Å²) < 4.78 is 17.1. The Morgan fingerprint density at radius 1 is 1.06 bits per heavy atom. The molecule has 36 heavy (non-hydrogen) atoms. The van der Waals surface area contributed by atoms with Crippen molar-refractivity contribution < 1.29 is 33.4 Å². The quantitative estimate of drug-likeness (QED) is 0.135. The Morgan fingerprint density at radius 2 is 1.75 bits per heavy atom. The standard InChI is InChI=1S/C27H38BrNO7/c1-5-34-23(31)13-9-10-14-27(25(33)36-26(2,3)4,24(32)19-15-20(28)17-29-16-19)22(30)18-35-21-11-7-6-8-12-21/h15-17,21H,5-14,18H2,1-4H3. The van der Waals surface area contributed by atoms with E-state index in [1.54, 1.807) is 27.7 Å². The minimum atomic E-state index is -2.11. The molecule has 0 amide bonds. The van der Waals surface area contributed by atoms with E-state index in [9.17, 15) is 19.2 Å². The molecule has 1 atom stereocenters. The van der Waals surface area contributed by atoms with Crippen LogP contribution in [-0.4, -0.2) is 53.4 Å². The Labute approximate surface area is 222 Å². The monoisotopic (exact) mass is 567 g/mol. The van der Waals surface area contributed by atoms with Crippen LogP contribution in [-0.2, 0) is 28.6 Å². The normalized spacial score (nSPS) is 16.1. The zero-order chi connectivity index (χ0) is 26.8. The molecule has 2 rings (SSSR count). The number of aromatic nitrogens is 1. The first-order chi connectivity index (χ1) is 17.0. The molecular weight excluding hydrogens is 530 g/mol. The van der Waals surface area contributed by atoms with E-state index in [0.29, 0.717) is 10.9 Å². The number of nitrogens with zero attached hydrogens (tertiary/aromatic N) is 1. The first-order valence-corrected chi connectivity index (χ1v) is 13.5. The summed E-state index contributed by atoms with van der Waals surface area (Å²) in [5.41, 5.74) is -2.92. The van der Waals surface area contributed by atoms with Crippen LogP contribution in [0.3, 0.4) is 0 Å². The van der Waals surface area contributed by atoms with Gasteiger partial charge in [-0.1, -0.05) is 25.7 Å². The zero-order valence-corrected chi connectivity index (χ0v) is 23.4. The molecule has 1 heterocycles. The molecule has 0 spiro atoms. The van der Waals surface area contributed by atoms with Gasteiger partial charge in [-0.2, -0.15) is 0 Å². The van der Waals surface area contributed by atoms with Crippen molar-refractivity contribution in [3.05, 3.63) is 28.5 Å². The average molecular weight is 569 g/mol. The van der Waals surface area contributed by atoms with E-state index in [1.165, 1.54) is 18.5 Å². The number of pyridine rings is 1. The van der Waals surface area contributed by atoms with Crippen molar-refractivity contribution in [2.45, 2.75) is 97.2 Å². The van der Waals surface area contributed by atoms with E-state index in [1.807, 2.05) is 0 Å². The van der Waals surface area contributed by atoms with Crippen molar-refractivity contribution in [1.29, 1.82) is 0 Å². The summed E-state index contributed by atoms with van der Waals surface area (Å²) in [6.45, 7) is 6.68. The summed E-state index contributed by atoms with van der Waals surface area (Å²) >= 11 is 3.31. The first-order valence-electron chi connectivity index (χ1n) is 12.7. The third kappa shape index (κ3) is 8.76. The highest BCUT2D eigenvalue weighted by molar-refractivity contribution is 9.10. The maximum Gasteiger partial charge on any atom is 0.328 e. The maximum absolute atomic E-state index is 13.9. The Kier molecular flexibility index (Phi) is 11.7. The third-order valence-electron chi connectivity index (χ3n) is 6.07. The number of carbonyl (C=O) groups excluding carboxylic acids is 4. The second-order valence-electron chi connectivity index (χ2n) is 10.1. The van der Waals surface area contributed by atoms with Gasteiger partial charge in [0.25, 0.3) is 0 Å². The lowest BCUT2D eigenvalue weighted by Crippen LogP contribution is -2.51. The van der Waals surface area contributed by atoms with Crippen LogP contribution in [0.1, 0.15) is 95.8 Å². The molecule has 1 aromatic heterocycles. The molecule has 1 aromatic rings. The van der Waals surface area contributed by atoms with Gasteiger partial charge in [-0.05, 0) is 75.4 Å². The molecular formula is C27H38BrNO7. The molecule has 0 N–H and O–H groups in total. The van der Waals surface area contributed by atoms with Gasteiger partial charge < -0.3 is 14.2 Å². The Bertz CT molecular complexity index is 921. The smallest absolute Gasteiger partial charge is 0.328 e. The van der Waals surface area contributed by atoms with E-state index in [4.69, 9.17) is 14.2 Å². The molecule has 1 aliphatic carbocycles. The van der Waals surface area contributed by atoms with E-state index in [0.717, 1.165) is 32.1 Å². The number of unbranched alkanes of at least 4 members (excludes halogenated alkanes) is 1. The summed E-state index contributed by atoms with van der Waals surface area (Å²) in [5, 5.41) is 0. The van der Waals surface area contributed by atoms with Gasteiger partial charge in [0, 0.05) is 28.9 Å². The predicted molar refractivity (Wildman–Crippen MR) is 137 cm³/mol. The molecule has 8 nitrogen and oxygen atoms in total. The van der Waals surface area contributed by atoms with Crippen molar-refractivity contribution in [2.75, 3.05) is 13.2 Å². The summed E-state index contributed by atoms with van der Waals surface area (Å²) in [6.07, 6.45) is 8.25. The first kappa shape index (κ1) is 30.1. The lowest BCUT2D eigenvalue weighted by Gasteiger charge is -2.33. The lowest BCUT2D eigenvalue weighted by molar-refractivity contribution is -0.169. The lowest BCUT2D eigenvalue weighted by atomic mass is 9.72. The van der Waals surface area contributed by atoms with Crippen LogP contribution in [0.2, 0.25) is 0 Å². The van der Waals surface area contributed by atoms with Crippen LogP contribution in [0.15, 0.2) is 22.9 Å². The van der Waals surface area contributed by atoms with Gasteiger partial charge in [0.2, 0.25) is 0 Å². The average Bonchev–Trinajstić information content (AvgIpc) is 2.82. The van der Waals surface area contributed by atoms with Crippen molar-refractivity contribution in [3.63, 3.8) is 0 Å². The molecule has 0 aliphatic heterocycles. The molecule has 0 saturated heterocycles. The molecule has 9 heteroatoms. The van der Waals surface area contributed by atoms with E-state index in [-0.39, 0.29) is 50.1 Å². The van der Waals surface area contributed by atoms with Crippen LogP contribution < -0.4 is 0 Å². The van der Waals surface area contributed by atoms with E-state index < -0.39 is 28.6 Å². The van der Waals surface area contributed by atoms with Crippen molar-refractivity contribution in [2.24, 2.45) is 5.41 Å². The summed E-state index contributed by atoms with van der Waals surface area (Å²) in [4.78, 5) is 57.3. The minimum absolute atomic E-state index is 0.0783. The molecule has 1 saturated carbocycles. The maximum atomic E-state index is 13.9. The Morgan fingerprint density at radius 3 is 2.36 bits per heavy atom. The van der Waals surface area contributed by atoms with Crippen LogP contribution in [0.4, 0.5) is 0 Å². The molecule has 1 aliphatic rings. The number of hydrogen-bond acceptors (Lipinski definition) is 8. The fourth-order valence-corrected chi connectivity index (χ4v) is 4.64. The highest BCUT2D eigenvalue weighted by atomic mass is 79.9. The molecule has 1 fully saturated rings. The van der Waals surface area contributed by atoms with Crippen LogP contribution in [0.25, 0.3) is 0 Å². The van der Waals surface area contributed by atoms with Crippen LogP contribution in [0, 0.1) is 5.41 Å². The van der Waals surface area contributed by atoms with Crippen LogP contribution in [0.5, 0.6) is 0 Å². The number of halogens is 1. The SMILES string of the molecule is CCOC(=O)CCCCC(C(=O)COC1CCCCC1)(C(=O)OC(C)(C)C)C(=O)c1cncc(Br)c1. The number of rotatable bonds is 13. The summed E-state index contributed by atoms with van der Waals surface area (Å²) in [5.74, 6) is -2.59. The zero-order valence-electron chi connectivity index (χ0n) is 21.8. The molecule has 0 bridgehead atoms.